The molecular weight excluding hydrogens is 365 g/mol. The highest BCUT2D eigenvalue weighted by atomic mass is 19.2. The van der Waals surface area contributed by atoms with E-state index in [2.05, 4.69) is 28.4 Å². The van der Waals surface area contributed by atoms with Gasteiger partial charge in [0.2, 0.25) is 0 Å². The van der Waals surface area contributed by atoms with Crippen molar-refractivity contribution in [1.29, 1.82) is 0 Å². The van der Waals surface area contributed by atoms with Crippen LogP contribution in [0.4, 0.5) is 19.0 Å². The topological polar surface area (TPSA) is 42.7 Å². The van der Waals surface area contributed by atoms with E-state index in [1.165, 1.54) is 12.4 Å². The molecule has 1 aliphatic rings. The molecule has 4 nitrogen and oxygen atoms in total. The number of hydrogen-bond acceptors (Lipinski definition) is 3. The number of halogens is 3. The number of aryl methyl sites for hydroxylation is 1. The molecule has 144 valence electrons. The number of aromatic nitrogens is 3. The van der Waals surface area contributed by atoms with Crippen LogP contribution in [0.5, 0.6) is 0 Å². The number of allylic oxidation sites excluding steroid dienone is 6. The lowest BCUT2D eigenvalue weighted by atomic mass is 10.1. The van der Waals surface area contributed by atoms with Crippen molar-refractivity contribution in [2.24, 2.45) is 0 Å². The zero-order valence-electron chi connectivity index (χ0n) is 15.3. The molecule has 0 unspecified atom stereocenters. The third kappa shape index (κ3) is 4.31. The summed E-state index contributed by atoms with van der Waals surface area (Å²) in [4.78, 5) is 8.54. The van der Waals surface area contributed by atoms with E-state index in [-0.39, 0.29) is 13.0 Å². The summed E-state index contributed by atoms with van der Waals surface area (Å²) in [5.41, 5.74) is 3.65. The van der Waals surface area contributed by atoms with Gasteiger partial charge in [0, 0.05) is 36.6 Å². The molecule has 0 atom stereocenters. The molecule has 3 rings (SSSR count). The number of imidazole rings is 1. The molecule has 0 radical (unpaired) electrons. The molecule has 2 heterocycles. The lowest BCUT2D eigenvalue weighted by Gasteiger charge is -2.09. The average molecular weight is 384 g/mol. The van der Waals surface area contributed by atoms with Crippen LogP contribution in [0, 0.1) is 6.92 Å². The van der Waals surface area contributed by atoms with Gasteiger partial charge in [0.1, 0.15) is 11.6 Å². The van der Waals surface area contributed by atoms with Crippen LogP contribution < -0.4 is 5.32 Å². The van der Waals surface area contributed by atoms with E-state index in [9.17, 15) is 13.2 Å². The first kappa shape index (κ1) is 19.4. The summed E-state index contributed by atoms with van der Waals surface area (Å²) in [6.45, 7) is 9.87. The van der Waals surface area contributed by atoms with Gasteiger partial charge in [-0.15, -0.1) is 0 Å². The number of rotatable bonds is 6. The molecule has 0 aromatic carbocycles. The second-order valence-electron chi connectivity index (χ2n) is 6.36. The van der Waals surface area contributed by atoms with Gasteiger partial charge in [0.25, 0.3) is 0 Å². The molecule has 1 N–H and O–H groups in total. The zero-order valence-corrected chi connectivity index (χ0v) is 15.3. The molecular formula is C21H19F3N4. The molecule has 2 aromatic heterocycles. The van der Waals surface area contributed by atoms with Crippen LogP contribution in [0.15, 0.2) is 73.2 Å². The predicted molar refractivity (Wildman–Crippen MR) is 105 cm³/mol. The van der Waals surface area contributed by atoms with Crippen LogP contribution in [0.25, 0.3) is 11.8 Å². The van der Waals surface area contributed by atoms with Gasteiger partial charge < -0.3 is 9.88 Å². The lowest BCUT2D eigenvalue weighted by Crippen LogP contribution is -2.00. The van der Waals surface area contributed by atoms with Gasteiger partial charge in [-0.1, -0.05) is 19.2 Å². The van der Waals surface area contributed by atoms with Crippen molar-refractivity contribution >= 4 is 17.6 Å². The third-order valence-corrected chi connectivity index (χ3v) is 4.24. The Morgan fingerprint density at radius 3 is 2.82 bits per heavy atom. The van der Waals surface area contributed by atoms with Crippen molar-refractivity contribution in [2.45, 2.75) is 19.9 Å². The monoisotopic (exact) mass is 384 g/mol. The summed E-state index contributed by atoms with van der Waals surface area (Å²) < 4.78 is 41.9. The van der Waals surface area contributed by atoms with Crippen LogP contribution in [0.3, 0.4) is 0 Å². The molecule has 0 amide bonds. The number of pyridine rings is 1. The summed E-state index contributed by atoms with van der Waals surface area (Å²) in [6, 6.07) is 1.94. The van der Waals surface area contributed by atoms with Gasteiger partial charge in [-0.3, -0.25) is 4.98 Å². The van der Waals surface area contributed by atoms with Gasteiger partial charge in [0.15, 0.2) is 11.7 Å². The van der Waals surface area contributed by atoms with Crippen LogP contribution in [-0.4, -0.2) is 14.5 Å². The van der Waals surface area contributed by atoms with E-state index < -0.39 is 17.5 Å². The van der Waals surface area contributed by atoms with Crippen molar-refractivity contribution < 1.29 is 13.2 Å². The molecule has 0 aliphatic heterocycles. The minimum absolute atomic E-state index is 0.226. The van der Waals surface area contributed by atoms with Crippen LogP contribution >= 0.6 is 0 Å². The maximum atomic E-state index is 13.6. The maximum absolute atomic E-state index is 13.6. The van der Waals surface area contributed by atoms with Crippen molar-refractivity contribution in [3.63, 3.8) is 0 Å². The molecule has 0 bridgehead atoms. The van der Waals surface area contributed by atoms with E-state index in [4.69, 9.17) is 0 Å². The lowest BCUT2D eigenvalue weighted by molar-refractivity contribution is 0.488. The minimum Gasteiger partial charge on any atom is -0.339 e. The summed E-state index contributed by atoms with van der Waals surface area (Å²) in [5, 5.41) is 3.09. The van der Waals surface area contributed by atoms with Gasteiger partial charge >= 0.3 is 0 Å². The zero-order chi connectivity index (χ0) is 20.3. The fraction of sp³-hybridized carbons (Fsp3) is 0.143. The molecule has 0 saturated carbocycles. The largest absolute Gasteiger partial charge is 0.339 e. The molecule has 1 aliphatic carbocycles. The first-order valence-electron chi connectivity index (χ1n) is 8.55. The quantitative estimate of drug-likeness (QED) is 0.700. The molecule has 0 saturated heterocycles. The fourth-order valence-corrected chi connectivity index (χ4v) is 2.75. The fourth-order valence-electron chi connectivity index (χ4n) is 2.75. The molecule has 2 aromatic rings. The van der Waals surface area contributed by atoms with Crippen LogP contribution in [0.2, 0.25) is 0 Å². The SMILES string of the molecule is C=Cc1ncc(C(=C)Nc2cn(CC3=CCC(F)=C(F)C(F)=C3)cn2)cc1C. The van der Waals surface area contributed by atoms with Crippen molar-refractivity contribution in [3.8, 4) is 0 Å². The van der Waals surface area contributed by atoms with Gasteiger partial charge in [-0.25, -0.2) is 18.2 Å². The van der Waals surface area contributed by atoms with E-state index in [1.54, 1.807) is 23.0 Å². The second-order valence-corrected chi connectivity index (χ2v) is 6.36. The van der Waals surface area contributed by atoms with Gasteiger partial charge in [0.05, 0.1) is 12.0 Å². The summed E-state index contributed by atoms with van der Waals surface area (Å²) >= 11 is 0. The minimum atomic E-state index is -1.44. The van der Waals surface area contributed by atoms with Gasteiger partial charge in [-0.05, 0) is 36.3 Å². The van der Waals surface area contributed by atoms with E-state index >= 15 is 0 Å². The Morgan fingerprint density at radius 1 is 1.32 bits per heavy atom. The summed E-state index contributed by atoms with van der Waals surface area (Å²) in [5.74, 6) is -3.23. The maximum Gasteiger partial charge on any atom is 0.190 e. The highest BCUT2D eigenvalue weighted by molar-refractivity contribution is 5.74. The molecule has 28 heavy (non-hydrogen) atoms. The van der Waals surface area contributed by atoms with Crippen LogP contribution in [-0.2, 0) is 6.54 Å². The average Bonchev–Trinajstić information content (AvgIpc) is 3.06. The Kier molecular flexibility index (Phi) is 5.63. The number of hydrogen-bond donors (Lipinski definition) is 1. The van der Waals surface area contributed by atoms with E-state index in [1.807, 2.05) is 13.0 Å². The highest BCUT2D eigenvalue weighted by Crippen LogP contribution is 2.27. The van der Waals surface area contributed by atoms with E-state index in [0.29, 0.717) is 17.1 Å². The predicted octanol–water partition coefficient (Wildman–Crippen LogP) is 5.65. The standard InChI is InChI=1S/C21H19F3N4/c1-4-19-13(2)7-16(9-25-19)14(3)27-20-11-28(12-26-20)10-15-5-6-17(22)21(24)18(23)8-15/h4-5,7-9,11-12,27H,1,3,6,10H2,2H3. The van der Waals surface area contributed by atoms with Gasteiger partial charge in [-0.2, -0.15) is 0 Å². The first-order valence-corrected chi connectivity index (χ1v) is 8.55. The van der Waals surface area contributed by atoms with E-state index in [0.717, 1.165) is 22.9 Å². The Hall–Kier alpha value is -3.35. The summed E-state index contributed by atoms with van der Waals surface area (Å²) in [6.07, 6.45) is 8.76. The summed E-state index contributed by atoms with van der Waals surface area (Å²) in [7, 11) is 0. The Balaban J connectivity index is 1.68. The number of anilines is 1. The normalized spacial score (nSPS) is 14.3. The smallest absolute Gasteiger partial charge is 0.190 e. The highest BCUT2D eigenvalue weighted by Gasteiger charge is 2.15. The molecule has 0 spiro atoms. The Labute approximate surface area is 161 Å². The number of nitrogens with one attached hydrogen (secondary N) is 1. The van der Waals surface area contributed by atoms with Crippen LogP contribution in [0.1, 0.15) is 23.2 Å². The van der Waals surface area contributed by atoms with Crippen molar-refractivity contribution in [2.75, 3.05) is 5.32 Å². The Bertz CT molecular complexity index is 1030. The third-order valence-electron chi connectivity index (χ3n) is 4.24. The molecule has 7 heteroatoms. The second kappa shape index (κ2) is 8.12. The number of nitrogens with zero attached hydrogens (tertiary/aromatic N) is 3. The van der Waals surface area contributed by atoms with Crippen molar-refractivity contribution in [3.05, 3.63) is 90.0 Å². The first-order chi connectivity index (χ1) is 13.4. The van der Waals surface area contributed by atoms with Crippen molar-refractivity contribution in [1.82, 2.24) is 14.5 Å². The molecule has 0 fully saturated rings. The Morgan fingerprint density at radius 2 is 2.11 bits per heavy atom.